The van der Waals surface area contributed by atoms with Crippen LogP contribution in [0.1, 0.15) is 12.6 Å². The van der Waals surface area contributed by atoms with Gasteiger partial charge in [0.2, 0.25) is 0 Å². The number of aryl methyl sites for hydroxylation is 1. The summed E-state index contributed by atoms with van der Waals surface area (Å²) in [6, 6.07) is 3.12. The number of anilines is 1. The number of rotatable bonds is 2. The molecule has 0 saturated heterocycles. The summed E-state index contributed by atoms with van der Waals surface area (Å²) in [6.07, 6.45) is -2.09. The molecular weight excluding hydrogens is 245 g/mol. The Morgan fingerprint density at radius 1 is 1.33 bits per heavy atom. The molecule has 0 bridgehead atoms. The average Bonchev–Trinajstić information content (AvgIpc) is 2.73. The van der Waals surface area contributed by atoms with Crippen LogP contribution in [0, 0.1) is 0 Å². The molecule has 0 fully saturated rings. The van der Waals surface area contributed by atoms with Gasteiger partial charge in [-0.05, 0) is 19.1 Å². The van der Waals surface area contributed by atoms with E-state index >= 15 is 0 Å². The maximum atomic E-state index is 12.6. The molecule has 0 aromatic carbocycles. The molecule has 2 rings (SSSR count). The lowest BCUT2D eigenvalue weighted by Crippen LogP contribution is -2.05. The van der Waals surface area contributed by atoms with Gasteiger partial charge in [0.15, 0.2) is 11.5 Å². The first-order valence-electron chi connectivity index (χ1n) is 5.28. The van der Waals surface area contributed by atoms with Crippen molar-refractivity contribution >= 4 is 5.69 Å². The van der Waals surface area contributed by atoms with Crippen molar-refractivity contribution < 1.29 is 13.2 Å². The number of imidazole rings is 1. The molecule has 0 aliphatic carbocycles. The third-order valence-corrected chi connectivity index (χ3v) is 2.42. The van der Waals surface area contributed by atoms with Crippen molar-refractivity contribution in [1.29, 1.82) is 0 Å². The van der Waals surface area contributed by atoms with Gasteiger partial charge in [0.05, 0.1) is 11.9 Å². The second-order valence-electron chi connectivity index (χ2n) is 3.71. The number of pyridine rings is 1. The highest BCUT2D eigenvalue weighted by atomic mass is 19.4. The van der Waals surface area contributed by atoms with Crippen LogP contribution in [0.25, 0.3) is 11.5 Å². The van der Waals surface area contributed by atoms with Gasteiger partial charge < -0.3 is 10.3 Å². The third kappa shape index (κ3) is 2.29. The largest absolute Gasteiger partial charge is 0.434 e. The van der Waals surface area contributed by atoms with Crippen LogP contribution < -0.4 is 5.73 Å². The van der Waals surface area contributed by atoms with Gasteiger partial charge in [0, 0.05) is 12.7 Å². The van der Waals surface area contributed by atoms with Gasteiger partial charge in [-0.2, -0.15) is 13.2 Å². The number of nitrogens with zero attached hydrogens (tertiary/aromatic N) is 3. The zero-order chi connectivity index (χ0) is 13.3. The molecule has 0 aliphatic rings. The topological polar surface area (TPSA) is 56.7 Å². The first-order chi connectivity index (χ1) is 8.41. The van der Waals surface area contributed by atoms with Gasteiger partial charge in [-0.3, -0.25) is 4.98 Å². The number of hydrogen-bond donors (Lipinski definition) is 1. The summed E-state index contributed by atoms with van der Waals surface area (Å²) in [6.45, 7) is 2.12. The Morgan fingerprint density at radius 3 is 2.56 bits per heavy atom. The van der Waals surface area contributed by atoms with Gasteiger partial charge in [0.1, 0.15) is 5.69 Å². The molecule has 18 heavy (non-hydrogen) atoms. The smallest absolute Gasteiger partial charge is 0.397 e. The molecule has 2 aromatic rings. The van der Waals surface area contributed by atoms with Gasteiger partial charge in [-0.25, -0.2) is 4.98 Å². The monoisotopic (exact) mass is 256 g/mol. The van der Waals surface area contributed by atoms with E-state index in [1.165, 1.54) is 10.8 Å². The average molecular weight is 256 g/mol. The fourth-order valence-electron chi connectivity index (χ4n) is 1.54. The van der Waals surface area contributed by atoms with Crippen molar-refractivity contribution in [1.82, 2.24) is 14.5 Å². The second-order valence-corrected chi connectivity index (χ2v) is 3.71. The number of nitrogen functional groups attached to an aromatic ring is 1. The molecule has 0 unspecified atom stereocenters. The minimum Gasteiger partial charge on any atom is -0.397 e. The highest BCUT2D eigenvalue weighted by Crippen LogP contribution is 2.30. The normalized spacial score (nSPS) is 11.8. The summed E-state index contributed by atoms with van der Waals surface area (Å²) in [5.74, 6) is 0.185. The molecule has 2 heterocycles. The van der Waals surface area contributed by atoms with Crippen molar-refractivity contribution in [2.75, 3.05) is 5.73 Å². The Labute approximate surface area is 101 Å². The van der Waals surface area contributed by atoms with Crippen LogP contribution in [0.2, 0.25) is 0 Å². The first kappa shape index (κ1) is 12.4. The van der Waals surface area contributed by atoms with Gasteiger partial charge in [-0.15, -0.1) is 0 Å². The number of nitrogens with two attached hydrogens (primary N) is 1. The molecule has 96 valence electrons. The summed E-state index contributed by atoms with van der Waals surface area (Å²) in [7, 11) is 0. The molecule has 0 saturated carbocycles. The summed E-state index contributed by atoms with van der Waals surface area (Å²) in [5, 5.41) is 0. The number of halogens is 3. The lowest BCUT2D eigenvalue weighted by atomic mass is 10.3. The van der Waals surface area contributed by atoms with E-state index in [1.54, 1.807) is 19.1 Å². The molecule has 0 aliphatic heterocycles. The minimum atomic E-state index is -4.46. The molecule has 0 atom stereocenters. The number of alkyl halides is 3. The van der Waals surface area contributed by atoms with Crippen molar-refractivity contribution in [2.24, 2.45) is 0 Å². The standard InChI is InChI=1S/C11H11F3N4/c1-2-18-6-9(11(12,13)14)17-10(18)8-4-3-7(15)5-16-8/h3-6H,2,15H2,1H3. The summed E-state index contributed by atoms with van der Waals surface area (Å²) in [4.78, 5) is 7.56. The predicted octanol–water partition coefficient (Wildman–Crippen LogP) is 2.57. The quantitative estimate of drug-likeness (QED) is 0.898. The maximum absolute atomic E-state index is 12.6. The van der Waals surface area contributed by atoms with Crippen LogP contribution in [0.3, 0.4) is 0 Å². The van der Waals surface area contributed by atoms with E-state index < -0.39 is 11.9 Å². The van der Waals surface area contributed by atoms with E-state index in [9.17, 15) is 13.2 Å². The lowest BCUT2D eigenvalue weighted by Gasteiger charge is -2.03. The fraction of sp³-hybridized carbons (Fsp3) is 0.273. The van der Waals surface area contributed by atoms with E-state index in [1.807, 2.05) is 0 Å². The van der Waals surface area contributed by atoms with Crippen LogP contribution >= 0.6 is 0 Å². The van der Waals surface area contributed by atoms with Crippen molar-refractivity contribution in [3.63, 3.8) is 0 Å². The Bertz CT molecular complexity index is 542. The van der Waals surface area contributed by atoms with Crippen molar-refractivity contribution in [3.8, 4) is 11.5 Å². The van der Waals surface area contributed by atoms with Crippen LogP contribution in [0.15, 0.2) is 24.5 Å². The van der Waals surface area contributed by atoms with E-state index in [2.05, 4.69) is 9.97 Å². The zero-order valence-corrected chi connectivity index (χ0v) is 9.57. The highest BCUT2D eigenvalue weighted by molar-refractivity contribution is 5.53. The summed E-state index contributed by atoms with van der Waals surface area (Å²) >= 11 is 0. The molecule has 0 spiro atoms. The maximum Gasteiger partial charge on any atom is 0.434 e. The van der Waals surface area contributed by atoms with Gasteiger partial charge in [-0.1, -0.05) is 0 Å². The number of aromatic nitrogens is 3. The van der Waals surface area contributed by atoms with Gasteiger partial charge in [0.25, 0.3) is 0 Å². The van der Waals surface area contributed by atoms with Crippen LogP contribution in [0.5, 0.6) is 0 Å². The Morgan fingerprint density at radius 2 is 2.06 bits per heavy atom. The van der Waals surface area contributed by atoms with Crippen LogP contribution in [-0.4, -0.2) is 14.5 Å². The second kappa shape index (κ2) is 4.32. The zero-order valence-electron chi connectivity index (χ0n) is 9.57. The molecule has 2 aromatic heterocycles. The Hall–Kier alpha value is -2.05. The molecule has 2 N–H and O–H groups in total. The highest BCUT2D eigenvalue weighted by Gasteiger charge is 2.34. The van der Waals surface area contributed by atoms with Crippen molar-refractivity contribution in [3.05, 3.63) is 30.2 Å². The SMILES string of the molecule is CCn1cc(C(F)(F)F)nc1-c1ccc(N)cn1. The lowest BCUT2D eigenvalue weighted by molar-refractivity contribution is -0.140. The third-order valence-electron chi connectivity index (χ3n) is 2.42. The molecule has 0 amide bonds. The number of hydrogen-bond acceptors (Lipinski definition) is 3. The minimum absolute atomic E-state index is 0.185. The van der Waals surface area contributed by atoms with E-state index in [4.69, 9.17) is 5.73 Å². The Kier molecular flexibility index (Phi) is 2.98. The fourth-order valence-corrected chi connectivity index (χ4v) is 1.54. The first-order valence-corrected chi connectivity index (χ1v) is 5.28. The summed E-state index contributed by atoms with van der Waals surface area (Å²) < 4.78 is 39.1. The van der Waals surface area contributed by atoms with Gasteiger partial charge >= 0.3 is 6.18 Å². The molecule has 0 radical (unpaired) electrons. The molecular formula is C11H11F3N4. The van der Waals surface area contributed by atoms with Crippen LogP contribution in [0.4, 0.5) is 18.9 Å². The molecule has 7 heteroatoms. The van der Waals surface area contributed by atoms with Crippen molar-refractivity contribution in [2.45, 2.75) is 19.6 Å². The predicted molar refractivity (Wildman–Crippen MR) is 60.5 cm³/mol. The van der Waals surface area contributed by atoms with E-state index in [0.29, 0.717) is 17.9 Å². The summed E-state index contributed by atoms with van der Waals surface area (Å²) in [5.41, 5.74) is 5.37. The van der Waals surface area contributed by atoms with E-state index in [0.717, 1.165) is 6.20 Å². The Balaban J connectivity index is 2.50. The van der Waals surface area contributed by atoms with Crippen LogP contribution in [-0.2, 0) is 12.7 Å². The van der Waals surface area contributed by atoms with E-state index in [-0.39, 0.29) is 5.82 Å². The molecule has 4 nitrogen and oxygen atoms in total.